The Kier molecular flexibility index (Phi) is 15.9. The molecule has 210 valence electrons. The van der Waals surface area contributed by atoms with Crippen LogP contribution in [0.3, 0.4) is 0 Å². The summed E-state index contributed by atoms with van der Waals surface area (Å²) in [4.78, 5) is 12.8. The first-order valence-electron chi connectivity index (χ1n) is 15.1. The highest BCUT2D eigenvalue weighted by molar-refractivity contribution is 5.91. The summed E-state index contributed by atoms with van der Waals surface area (Å²) in [7, 11) is 0. The van der Waals surface area contributed by atoms with E-state index in [2.05, 4.69) is 13.8 Å². The van der Waals surface area contributed by atoms with Gasteiger partial charge in [0.05, 0.1) is 19.3 Å². The second-order valence-electron chi connectivity index (χ2n) is 10.5. The zero-order valence-corrected chi connectivity index (χ0v) is 24.1. The Balaban J connectivity index is 2.01. The van der Waals surface area contributed by atoms with E-state index >= 15 is 0 Å². The average Bonchev–Trinajstić information content (AvgIpc) is 2.88. The second kappa shape index (κ2) is 19.0. The van der Waals surface area contributed by atoms with Gasteiger partial charge in [-0.05, 0) is 38.8 Å². The third kappa shape index (κ3) is 11.8. The third-order valence-corrected chi connectivity index (χ3v) is 6.66. The fraction of sp³-hybridized carbons (Fsp3) is 0.719. The first-order valence-corrected chi connectivity index (χ1v) is 15.1. The molecular formula is C32H52O5. The third-order valence-electron chi connectivity index (χ3n) is 6.66. The van der Waals surface area contributed by atoms with E-state index in [0.29, 0.717) is 35.7 Å². The van der Waals surface area contributed by atoms with E-state index in [4.69, 9.17) is 18.6 Å². The Morgan fingerprint density at radius 2 is 1.19 bits per heavy atom. The van der Waals surface area contributed by atoms with Crippen molar-refractivity contribution in [1.29, 1.82) is 0 Å². The zero-order valence-electron chi connectivity index (χ0n) is 24.1. The van der Waals surface area contributed by atoms with Crippen molar-refractivity contribution in [3.63, 3.8) is 0 Å². The van der Waals surface area contributed by atoms with Crippen LogP contribution in [0.15, 0.2) is 27.4 Å². The molecule has 5 heteroatoms. The fourth-order valence-electron chi connectivity index (χ4n) is 4.60. The number of hydrogen-bond acceptors (Lipinski definition) is 5. The van der Waals surface area contributed by atoms with E-state index in [1.807, 2.05) is 26.0 Å². The molecule has 0 saturated heterocycles. The lowest BCUT2D eigenvalue weighted by Crippen LogP contribution is -2.16. The van der Waals surface area contributed by atoms with Crippen LogP contribution in [-0.4, -0.2) is 19.3 Å². The van der Waals surface area contributed by atoms with Crippen LogP contribution in [0.1, 0.15) is 130 Å². The number of benzene rings is 1. The number of hydrogen-bond donors (Lipinski definition) is 0. The molecule has 0 N–H and O–H groups in total. The van der Waals surface area contributed by atoms with Gasteiger partial charge in [-0.1, -0.05) is 110 Å². The molecule has 1 heterocycles. The van der Waals surface area contributed by atoms with Gasteiger partial charge < -0.3 is 18.6 Å². The topological polar surface area (TPSA) is 57.9 Å². The van der Waals surface area contributed by atoms with E-state index in [1.54, 1.807) is 6.07 Å². The van der Waals surface area contributed by atoms with Crippen molar-refractivity contribution >= 4 is 11.0 Å². The van der Waals surface area contributed by atoms with Crippen LogP contribution >= 0.6 is 0 Å². The minimum Gasteiger partial charge on any atom is -0.493 e. The van der Waals surface area contributed by atoms with Gasteiger partial charge in [-0.2, -0.15) is 0 Å². The summed E-state index contributed by atoms with van der Waals surface area (Å²) in [6, 6.07) is 5.58. The van der Waals surface area contributed by atoms with Gasteiger partial charge >= 0.3 is 5.63 Å². The van der Waals surface area contributed by atoms with Gasteiger partial charge in [0.15, 0.2) is 5.75 Å². The van der Waals surface area contributed by atoms with Crippen LogP contribution in [0.5, 0.6) is 17.2 Å². The highest BCUT2D eigenvalue weighted by Gasteiger charge is 2.22. The van der Waals surface area contributed by atoms with Crippen LogP contribution < -0.4 is 19.8 Å². The molecule has 0 aliphatic heterocycles. The van der Waals surface area contributed by atoms with Crippen LogP contribution in [-0.2, 0) is 0 Å². The lowest BCUT2D eigenvalue weighted by atomic mass is 10.1. The Bertz CT molecular complexity index is 917. The number of ether oxygens (including phenoxy) is 3. The molecule has 37 heavy (non-hydrogen) atoms. The molecule has 0 aliphatic rings. The highest BCUT2D eigenvalue weighted by Crippen LogP contribution is 2.39. The molecule has 2 rings (SSSR count). The summed E-state index contributed by atoms with van der Waals surface area (Å²) < 4.78 is 23.9. The standard InChI is InChI=1S/C32H52O5/c1-5-7-9-11-13-15-17-19-24-34-27-22-21-23-28-29(27)30(31(32(33)37-28)36-26(3)4)35-25-20-18-16-14-12-10-8-6-2/h21-23,26H,5-20,24-25H2,1-4H3. The summed E-state index contributed by atoms with van der Waals surface area (Å²) in [5.41, 5.74) is -0.0344. The second-order valence-corrected chi connectivity index (χ2v) is 10.5. The summed E-state index contributed by atoms with van der Waals surface area (Å²) >= 11 is 0. The van der Waals surface area contributed by atoms with Gasteiger partial charge in [0, 0.05) is 0 Å². The van der Waals surface area contributed by atoms with E-state index < -0.39 is 5.63 Å². The van der Waals surface area contributed by atoms with Gasteiger partial charge in [0.2, 0.25) is 5.75 Å². The van der Waals surface area contributed by atoms with E-state index in [1.165, 1.54) is 77.0 Å². The molecule has 1 aromatic heterocycles. The van der Waals surface area contributed by atoms with Crippen molar-refractivity contribution in [3.8, 4) is 17.2 Å². The lowest BCUT2D eigenvalue weighted by molar-refractivity contribution is 0.210. The van der Waals surface area contributed by atoms with Crippen molar-refractivity contribution in [2.45, 2.75) is 137 Å². The summed E-state index contributed by atoms with van der Waals surface area (Å²) in [5, 5.41) is 0.692. The first-order chi connectivity index (χ1) is 18.1. The van der Waals surface area contributed by atoms with Crippen LogP contribution in [0.25, 0.3) is 11.0 Å². The quantitative estimate of drug-likeness (QED) is 0.115. The smallest absolute Gasteiger partial charge is 0.383 e. The lowest BCUT2D eigenvalue weighted by Gasteiger charge is -2.17. The van der Waals surface area contributed by atoms with E-state index in [-0.39, 0.29) is 11.9 Å². The number of unbranched alkanes of at least 4 members (excludes halogenated alkanes) is 14. The van der Waals surface area contributed by atoms with E-state index in [0.717, 1.165) is 25.7 Å². The molecule has 0 radical (unpaired) electrons. The molecule has 0 amide bonds. The van der Waals surface area contributed by atoms with Crippen molar-refractivity contribution in [2.75, 3.05) is 13.2 Å². The highest BCUT2D eigenvalue weighted by atomic mass is 16.5. The minimum absolute atomic E-state index is 0.144. The molecule has 0 atom stereocenters. The predicted molar refractivity (Wildman–Crippen MR) is 154 cm³/mol. The summed E-state index contributed by atoms with van der Waals surface area (Å²) in [6.45, 7) is 9.46. The fourth-order valence-corrected chi connectivity index (χ4v) is 4.60. The molecule has 0 bridgehead atoms. The summed E-state index contributed by atoms with van der Waals surface area (Å²) in [6.07, 6.45) is 19.6. The Labute approximate surface area is 225 Å². The molecular weight excluding hydrogens is 464 g/mol. The molecule has 0 aliphatic carbocycles. The largest absolute Gasteiger partial charge is 0.493 e. The summed E-state index contributed by atoms with van der Waals surface area (Å²) in [5.74, 6) is 1.28. The Morgan fingerprint density at radius 3 is 1.73 bits per heavy atom. The average molecular weight is 517 g/mol. The molecule has 5 nitrogen and oxygen atoms in total. The van der Waals surface area contributed by atoms with Gasteiger partial charge in [-0.25, -0.2) is 4.79 Å². The Hall–Kier alpha value is -2.17. The molecule has 2 aromatic rings. The van der Waals surface area contributed by atoms with Crippen LogP contribution in [0, 0.1) is 0 Å². The molecule has 0 spiro atoms. The molecule has 0 fully saturated rings. The minimum atomic E-state index is -0.507. The SMILES string of the molecule is CCCCCCCCCCOc1cccc2oc(=O)c(OC(C)C)c(OCCCCCCCCCC)c12. The predicted octanol–water partition coefficient (Wildman–Crippen LogP) is 9.62. The number of rotatable bonds is 22. The van der Waals surface area contributed by atoms with Gasteiger partial charge in [-0.3, -0.25) is 0 Å². The van der Waals surface area contributed by atoms with E-state index in [9.17, 15) is 4.79 Å². The zero-order chi connectivity index (χ0) is 26.7. The van der Waals surface area contributed by atoms with Crippen molar-refractivity contribution in [2.24, 2.45) is 0 Å². The van der Waals surface area contributed by atoms with Crippen LogP contribution in [0.4, 0.5) is 0 Å². The number of fused-ring (bicyclic) bond motifs is 1. The maximum atomic E-state index is 12.8. The maximum absolute atomic E-state index is 12.8. The van der Waals surface area contributed by atoms with Crippen molar-refractivity contribution in [1.82, 2.24) is 0 Å². The first kappa shape index (κ1) is 31.1. The molecule has 0 saturated carbocycles. The normalized spacial score (nSPS) is 11.4. The molecule has 1 aromatic carbocycles. The van der Waals surface area contributed by atoms with Gasteiger partial charge in [0.25, 0.3) is 0 Å². The van der Waals surface area contributed by atoms with Gasteiger partial charge in [-0.15, -0.1) is 0 Å². The van der Waals surface area contributed by atoms with Gasteiger partial charge in [0.1, 0.15) is 16.7 Å². The maximum Gasteiger partial charge on any atom is 0.383 e. The monoisotopic (exact) mass is 516 g/mol. The van der Waals surface area contributed by atoms with Crippen molar-refractivity contribution in [3.05, 3.63) is 28.6 Å². The van der Waals surface area contributed by atoms with Crippen molar-refractivity contribution < 1.29 is 18.6 Å². The Morgan fingerprint density at radius 1 is 0.676 bits per heavy atom. The van der Waals surface area contributed by atoms with Crippen LogP contribution in [0.2, 0.25) is 0 Å². The molecule has 0 unspecified atom stereocenters.